The molecule has 0 aromatic heterocycles. The molecule has 2 heterocycles. The van der Waals surface area contributed by atoms with Crippen LogP contribution < -0.4 is 0 Å². The summed E-state index contributed by atoms with van der Waals surface area (Å²) in [5.41, 5.74) is -0.497. The van der Waals surface area contributed by atoms with E-state index in [4.69, 9.17) is 4.74 Å². The van der Waals surface area contributed by atoms with Crippen molar-refractivity contribution in [1.29, 1.82) is 0 Å². The lowest BCUT2D eigenvalue weighted by atomic mass is 9.70. The number of nitrogens with zero attached hydrogens (tertiary/aromatic N) is 1. The Bertz CT molecular complexity index is 337. The van der Waals surface area contributed by atoms with Crippen LogP contribution in [0.15, 0.2) is 0 Å². The molecule has 3 fully saturated rings. The normalized spacial score (nSPS) is 43.3. The smallest absolute Gasteiger partial charge is 0.310 e. The largest absolute Gasteiger partial charge is 0.481 e. The molecular weight excluding hydrogens is 242 g/mol. The van der Waals surface area contributed by atoms with Gasteiger partial charge >= 0.3 is 5.97 Å². The van der Waals surface area contributed by atoms with Crippen LogP contribution >= 0.6 is 0 Å². The Kier molecular flexibility index (Phi) is 3.56. The Balaban J connectivity index is 1.66. The van der Waals surface area contributed by atoms with Gasteiger partial charge in [-0.25, -0.2) is 0 Å². The maximum Gasteiger partial charge on any atom is 0.310 e. The van der Waals surface area contributed by atoms with Crippen LogP contribution in [0.3, 0.4) is 0 Å². The van der Waals surface area contributed by atoms with E-state index in [1.165, 1.54) is 0 Å². The van der Waals surface area contributed by atoms with Gasteiger partial charge in [-0.3, -0.25) is 9.69 Å². The number of rotatable bonds is 3. The number of ether oxygens (including phenoxy) is 1. The summed E-state index contributed by atoms with van der Waals surface area (Å²) in [5, 5.41) is 9.70. The van der Waals surface area contributed by atoms with Crippen molar-refractivity contribution in [2.75, 3.05) is 19.6 Å². The zero-order valence-corrected chi connectivity index (χ0v) is 11.8. The SMILES string of the molecule is CC1CCC(CN2CC3CCC(C2)O3)(C(=O)O)CC1. The second-order valence-electron chi connectivity index (χ2n) is 6.92. The summed E-state index contributed by atoms with van der Waals surface area (Å²) >= 11 is 0. The van der Waals surface area contributed by atoms with Crippen molar-refractivity contribution in [3.8, 4) is 0 Å². The lowest BCUT2D eigenvalue weighted by Crippen LogP contribution is -2.51. The molecule has 2 saturated heterocycles. The maximum atomic E-state index is 11.8. The predicted molar refractivity (Wildman–Crippen MR) is 72.0 cm³/mol. The van der Waals surface area contributed by atoms with E-state index in [-0.39, 0.29) is 0 Å². The van der Waals surface area contributed by atoms with Gasteiger partial charge in [0.15, 0.2) is 0 Å². The summed E-state index contributed by atoms with van der Waals surface area (Å²) < 4.78 is 5.84. The standard InChI is InChI=1S/C15H25NO3/c1-11-4-6-15(7-5-11,14(17)18)10-16-8-12-2-3-13(9-16)19-12/h11-13H,2-10H2,1H3,(H,17,18). The van der Waals surface area contributed by atoms with Crippen LogP contribution in [0.1, 0.15) is 45.4 Å². The summed E-state index contributed by atoms with van der Waals surface area (Å²) in [6, 6.07) is 0. The van der Waals surface area contributed by atoms with Gasteiger partial charge in [-0.15, -0.1) is 0 Å². The van der Waals surface area contributed by atoms with Gasteiger partial charge < -0.3 is 9.84 Å². The maximum absolute atomic E-state index is 11.8. The minimum atomic E-state index is -0.585. The molecule has 3 aliphatic rings. The van der Waals surface area contributed by atoms with E-state index in [0.29, 0.717) is 18.1 Å². The molecule has 2 unspecified atom stereocenters. The highest BCUT2D eigenvalue weighted by molar-refractivity contribution is 5.75. The molecule has 2 atom stereocenters. The molecule has 0 radical (unpaired) electrons. The third-order valence-corrected chi connectivity index (χ3v) is 5.33. The van der Waals surface area contributed by atoms with E-state index < -0.39 is 11.4 Å². The second kappa shape index (κ2) is 5.06. The molecule has 0 aromatic rings. The fourth-order valence-corrected chi connectivity index (χ4v) is 4.01. The molecule has 1 aliphatic carbocycles. The van der Waals surface area contributed by atoms with Gasteiger partial charge in [-0.1, -0.05) is 6.92 Å². The van der Waals surface area contributed by atoms with Crippen molar-refractivity contribution in [2.45, 2.75) is 57.7 Å². The number of carbonyl (C=O) groups is 1. The Morgan fingerprint density at radius 2 is 1.79 bits per heavy atom. The molecule has 1 N–H and O–H groups in total. The van der Waals surface area contributed by atoms with Crippen LogP contribution in [-0.2, 0) is 9.53 Å². The van der Waals surface area contributed by atoms with E-state index in [0.717, 1.165) is 58.2 Å². The molecule has 108 valence electrons. The van der Waals surface area contributed by atoms with E-state index in [9.17, 15) is 9.90 Å². The van der Waals surface area contributed by atoms with Gasteiger partial charge in [0.1, 0.15) is 0 Å². The number of aliphatic carboxylic acids is 1. The fraction of sp³-hybridized carbons (Fsp3) is 0.933. The first-order valence-corrected chi connectivity index (χ1v) is 7.69. The highest BCUT2D eigenvalue weighted by Crippen LogP contribution is 2.41. The van der Waals surface area contributed by atoms with Gasteiger partial charge in [-0.05, 0) is 44.4 Å². The van der Waals surface area contributed by atoms with Crippen LogP contribution in [0.4, 0.5) is 0 Å². The van der Waals surface area contributed by atoms with E-state index in [1.807, 2.05) is 0 Å². The molecule has 4 nitrogen and oxygen atoms in total. The Labute approximate surface area is 115 Å². The van der Waals surface area contributed by atoms with Crippen LogP contribution in [0.2, 0.25) is 0 Å². The molecule has 3 rings (SSSR count). The van der Waals surface area contributed by atoms with Crippen LogP contribution in [-0.4, -0.2) is 47.8 Å². The minimum Gasteiger partial charge on any atom is -0.481 e. The lowest BCUT2D eigenvalue weighted by Gasteiger charge is -2.42. The number of morpholine rings is 1. The predicted octanol–water partition coefficient (Wildman–Crippen LogP) is 2.13. The quantitative estimate of drug-likeness (QED) is 0.851. The van der Waals surface area contributed by atoms with Gasteiger partial charge in [0.05, 0.1) is 17.6 Å². The van der Waals surface area contributed by atoms with E-state index in [1.54, 1.807) is 0 Å². The number of likely N-dealkylation sites (tertiary alicyclic amines) is 1. The first-order chi connectivity index (χ1) is 9.07. The lowest BCUT2D eigenvalue weighted by molar-refractivity contribution is -0.155. The topological polar surface area (TPSA) is 49.8 Å². The molecule has 0 spiro atoms. The third kappa shape index (κ3) is 2.65. The first kappa shape index (κ1) is 13.4. The summed E-state index contributed by atoms with van der Waals surface area (Å²) in [7, 11) is 0. The van der Waals surface area contributed by atoms with Crippen LogP contribution in [0, 0.1) is 11.3 Å². The molecule has 4 heteroatoms. The fourth-order valence-electron chi connectivity index (χ4n) is 4.01. The average molecular weight is 267 g/mol. The summed E-state index contributed by atoms with van der Waals surface area (Å²) in [6.07, 6.45) is 6.81. The number of hydrogen-bond acceptors (Lipinski definition) is 3. The highest BCUT2D eigenvalue weighted by Gasteiger charge is 2.44. The van der Waals surface area contributed by atoms with E-state index >= 15 is 0 Å². The highest BCUT2D eigenvalue weighted by atomic mass is 16.5. The van der Waals surface area contributed by atoms with Crippen molar-refractivity contribution in [3.05, 3.63) is 0 Å². The van der Waals surface area contributed by atoms with E-state index in [2.05, 4.69) is 11.8 Å². The van der Waals surface area contributed by atoms with Crippen molar-refractivity contribution in [3.63, 3.8) is 0 Å². The molecule has 19 heavy (non-hydrogen) atoms. The number of fused-ring (bicyclic) bond motifs is 2. The Morgan fingerprint density at radius 3 is 2.32 bits per heavy atom. The molecular formula is C15H25NO3. The Hall–Kier alpha value is -0.610. The summed E-state index contributed by atoms with van der Waals surface area (Å²) in [4.78, 5) is 14.1. The van der Waals surface area contributed by atoms with Gasteiger partial charge in [-0.2, -0.15) is 0 Å². The van der Waals surface area contributed by atoms with Crippen molar-refractivity contribution in [2.24, 2.45) is 11.3 Å². The summed E-state index contributed by atoms with van der Waals surface area (Å²) in [5.74, 6) is 0.103. The zero-order valence-electron chi connectivity index (χ0n) is 11.8. The van der Waals surface area contributed by atoms with Gasteiger partial charge in [0.2, 0.25) is 0 Å². The minimum absolute atomic E-state index is 0.354. The van der Waals surface area contributed by atoms with Gasteiger partial charge in [0.25, 0.3) is 0 Å². The van der Waals surface area contributed by atoms with Crippen LogP contribution in [0.25, 0.3) is 0 Å². The number of carboxylic acids is 1. The number of hydrogen-bond donors (Lipinski definition) is 1. The van der Waals surface area contributed by atoms with Crippen molar-refractivity contribution < 1.29 is 14.6 Å². The molecule has 2 aliphatic heterocycles. The van der Waals surface area contributed by atoms with Crippen molar-refractivity contribution in [1.82, 2.24) is 4.90 Å². The Morgan fingerprint density at radius 1 is 1.21 bits per heavy atom. The second-order valence-corrected chi connectivity index (χ2v) is 6.92. The van der Waals surface area contributed by atoms with Gasteiger partial charge in [0, 0.05) is 19.6 Å². The first-order valence-electron chi connectivity index (χ1n) is 7.69. The average Bonchev–Trinajstić information content (AvgIpc) is 2.72. The molecule has 2 bridgehead atoms. The molecule has 1 saturated carbocycles. The monoisotopic (exact) mass is 267 g/mol. The molecule has 0 amide bonds. The van der Waals surface area contributed by atoms with Crippen LogP contribution in [0.5, 0.6) is 0 Å². The third-order valence-electron chi connectivity index (χ3n) is 5.33. The molecule has 0 aromatic carbocycles. The zero-order chi connectivity index (χ0) is 13.5. The van der Waals surface area contributed by atoms with Crippen molar-refractivity contribution >= 4 is 5.97 Å². The number of carboxylic acid groups (broad SMARTS) is 1. The summed E-state index contributed by atoms with van der Waals surface area (Å²) in [6.45, 7) is 4.83.